The van der Waals surface area contributed by atoms with Gasteiger partial charge in [-0.3, -0.25) is 24.6 Å². The molecule has 9 nitrogen and oxygen atoms in total. The van der Waals surface area contributed by atoms with E-state index < -0.39 is 10.8 Å². The molecule has 31 heavy (non-hydrogen) atoms. The van der Waals surface area contributed by atoms with Crippen molar-refractivity contribution in [3.63, 3.8) is 0 Å². The van der Waals surface area contributed by atoms with Gasteiger partial charge in [0.05, 0.1) is 16.7 Å². The number of nitro groups is 1. The Bertz CT molecular complexity index is 974. The predicted molar refractivity (Wildman–Crippen MR) is 116 cm³/mol. The molecule has 0 radical (unpaired) electrons. The molecule has 1 aliphatic heterocycles. The molecule has 0 aromatic heterocycles. The van der Waals surface area contributed by atoms with Crippen LogP contribution in [0.2, 0.25) is 0 Å². The number of carbonyl (C=O) groups excluding carboxylic acids is 2. The molecular formula is C22H26N4O5. The maximum Gasteiger partial charge on any atom is 0.271 e. The van der Waals surface area contributed by atoms with Crippen LogP contribution in [0.3, 0.4) is 0 Å². The van der Waals surface area contributed by atoms with Crippen LogP contribution in [0.1, 0.15) is 24.1 Å². The predicted octanol–water partition coefficient (Wildman–Crippen LogP) is 2.30. The Balaban J connectivity index is 1.70. The Hall–Kier alpha value is -3.46. The maximum absolute atomic E-state index is 12.6. The van der Waals surface area contributed by atoms with Crippen molar-refractivity contribution in [3.05, 3.63) is 63.7 Å². The van der Waals surface area contributed by atoms with E-state index in [0.29, 0.717) is 12.3 Å². The molecular weight excluding hydrogens is 400 g/mol. The zero-order valence-electron chi connectivity index (χ0n) is 17.8. The number of benzene rings is 2. The van der Waals surface area contributed by atoms with Crippen LogP contribution in [0.5, 0.6) is 5.75 Å². The number of rotatable bonds is 8. The van der Waals surface area contributed by atoms with E-state index in [9.17, 15) is 19.7 Å². The summed E-state index contributed by atoms with van der Waals surface area (Å²) in [7, 11) is 3.87. The third-order valence-electron chi connectivity index (χ3n) is 5.29. The Morgan fingerprint density at radius 3 is 2.58 bits per heavy atom. The molecule has 164 valence electrons. The molecule has 0 spiro atoms. The quantitative estimate of drug-likeness (QED) is 0.513. The van der Waals surface area contributed by atoms with Gasteiger partial charge in [-0.1, -0.05) is 31.2 Å². The van der Waals surface area contributed by atoms with Crippen molar-refractivity contribution < 1.29 is 19.2 Å². The van der Waals surface area contributed by atoms with Gasteiger partial charge in [0.2, 0.25) is 5.91 Å². The van der Waals surface area contributed by atoms with Gasteiger partial charge in [0, 0.05) is 18.7 Å². The zero-order chi connectivity index (χ0) is 22.5. The number of nitro benzene ring substituents is 1. The SMILES string of the molecule is CCc1ccc(C(CNC(=O)CN2C(=O)COc3ccc([N+](=O)[O-])cc32)N(C)C)cc1. The van der Waals surface area contributed by atoms with Crippen LogP contribution in [0.15, 0.2) is 42.5 Å². The van der Waals surface area contributed by atoms with Crippen LogP contribution in [-0.2, 0) is 16.0 Å². The van der Waals surface area contributed by atoms with Crippen LogP contribution in [-0.4, -0.2) is 55.4 Å². The standard InChI is InChI=1S/C22H26N4O5/c1-4-15-5-7-16(8-6-15)19(24(2)3)12-23-21(27)13-25-18-11-17(26(29)30)9-10-20(18)31-14-22(25)28/h5-11,19H,4,12-14H2,1-3H3,(H,23,27). The molecule has 2 aromatic rings. The summed E-state index contributed by atoms with van der Waals surface area (Å²) in [6, 6.07) is 12.2. The number of fused-ring (bicyclic) bond motifs is 1. The van der Waals surface area contributed by atoms with E-state index >= 15 is 0 Å². The second-order valence-corrected chi connectivity index (χ2v) is 7.56. The monoisotopic (exact) mass is 426 g/mol. The fourth-order valence-corrected chi connectivity index (χ4v) is 3.46. The van der Waals surface area contributed by atoms with Gasteiger partial charge in [0.15, 0.2) is 6.61 Å². The molecule has 1 aliphatic rings. The van der Waals surface area contributed by atoms with Gasteiger partial charge in [-0.2, -0.15) is 0 Å². The third kappa shape index (κ3) is 5.18. The van der Waals surface area contributed by atoms with E-state index in [1.54, 1.807) is 0 Å². The molecule has 0 saturated heterocycles. The Labute approximate surface area is 180 Å². The maximum atomic E-state index is 12.6. The van der Waals surface area contributed by atoms with E-state index in [-0.39, 0.29) is 36.5 Å². The van der Waals surface area contributed by atoms with E-state index in [4.69, 9.17) is 4.74 Å². The normalized spacial score (nSPS) is 14.1. The van der Waals surface area contributed by atoms with Gasteiger partial charge >= 0.3 is 0 Å². The van der Waals surface area contributed by atoms with Crippen molar-refractivity contribution in [1.29, 1.82) is 0 Å². The first-order valence-corrected chi connectivity index (χ1v) is 10.0. The van der Waals surface area contributed by atoms with Crippen LogP contribution in [0.25, 0.3) is 0 Å². The van der Waals surface area contributed by atoms with Crippen molar-refractivity contribution >= 4 is 23.2 Å². The molecule has 2 amide bonds. The molecule has 1 heterocycles. The summed E-state index contributed by atoms with van der Waals surface area (Å²) >= 11 is 0. The molecule has 0 fully saturated rings. The summed E-state index contributed by atoms with van der Waals surface area (Å²) in [5.74, 6) is -0.452. The minimum absolute atomic E-state index is 0.0383. The molecule has 1 unspecified atom stereocenters. The fraction of sp³-hybridized carbons (Fsp3) is 0.364. The highest BCUT2D eigenvalue weighted by atomic mass is 16.6. The summed E-state index contributed by atoms with van der Waals surface area (Å²) in [6.07, 6.45) is 0.955. The van der Waals surface area contributed by atoms with Gasteiger partial charge in [-0.15, -0.1) is 0 Å². The topological polar surface area (TPSA) is 105 Å². The summed E-state index contributed by atoms with van der Waals surface area (Å²) in [6.45, 7) is 1.99. The molecule has 1 atom stereocenters. The first-order valence-electron chi connectivity index (χ1n) is 10.0. The summed E-state index contributed by atoms with van der Waals surface area (Å²) < 4.78 is 5.34. The molecule has 0 aliphatic carbocycles. The molecule has 9 heteroatoms. The van der Waals surface area contributed by atoms with Gasteiger partial charge in [0.1, 0.15) is 12.3 Å². The first kappa shape index (κ1) is 22.2. The van der Waals surface area contributed by atoms with Crippen LogP contribution >= 0.6 is 0 Å². The number of anilines is 1. The minimum atomic E-state index is -0.552. The second-order valence-electron chi connectivity index (χ2n) is 7.56. The lowest BCUT2D eigenvalue weighted by Crippen LogP contribution is -2.46. The number of hydrogen-bond donors (Lipinski definition) is 1. The number of carbonyl (C=O) groups is 2. The number of amides is 2. The highest BCUT2D eigenvalue weighted by molar-refractivity contribution is 6.02. The Morgan fingerprint density at radius 1 is 1.26 bits per heavy atom. The van der Waals surface area contributed by atoms with Gasteiger partial charge in [0.25, 0.3) is 11.6 Å². The van der Waals surface area contributed by atoms with Crippen molar-refractivity contribution in [2.24, 2.45) is 0 Å². The Morgan fingerprint density at radius 2 is 1.97 bits per heavy atom. The third-order valence-corrected chi connectivity index (χ3v) is 5.29. The van der Waals surface area contributed by atoms with Crippen molar-refractivity contribution in [1.82, 2.24) is 10.2 Å². The number of ether oxygens (including phenoxy) is 1. The number of likely N-dealkylation sites (N-methyl/N-ethyl adjacent to an activating group) is 1. The van der Waals surface area contributed by atoms with Gasteiger partial charge in [-0.05, 0) is 37.7 Å². The molecule has 0 bridgehead atoms. The van der Waals surface area contributed by atoms with Gasteiger partial charge in [-0.25, -0.2) is 0 Å². The van der Waals surface area contributed by atoms with Crippen molar-refractivity contribution in [3.8, 4) is 5.75 Å². The summed E-state index contributed by atoms with van der Waals surface area (Å²) in [5, 5.41) is 14.0. The highest BCUT2D eigenvalue weighted by Crippen LogP contribution is 2.35. The van der Waals surface area contributed by atoms with Crippen LogP contribution < -0.4 is 15.0 Å². The van der Waals surface area contributed by atoms with E-state index in [0.717, 1.165) is 12.0 Å². The molecule has 3 rings (SSSR count). The van der Waals surface area contributed by atoms with Crippen LogP contribution in [0, 0.1) is 10.1 Å². The van der Waals surface area contributed by atoms with E-state index in [1.807, 2.05) is 19.0 Å². The smallest absolute Gasteiger partial charge is 0.271 e. The lowest BCUT2D eigenvalue weighted by molar-refractivity contribution is -0.384. The zero-order valence-corrected chi connectivity index (χ0v) is 17.8. The lowest BCUT2D eigenvalue weighted by Gasteiger charge is -2.29. The summed E-state index contributed by atoms with van der Waals surface area (Å²) in [5.41, 5.74) is 2.36. The molecule has 2 aromatic carbocycles. The average Bonchev–Trinajstić information content (AvgIpc) is 2.75. The largest absolute Gasteiger partial charge is 0.482 e. The minimum Gasteiger partial charge on any atom is -0.482 e. The average molecular weight is 426 g/mol. The number of nitrogens with one attached hydrogen (secondary N) is 1. The van der Waals surface area contributed by atoms with Crippen LogP contribution in [0.4, 0.5) is 11.4 Å². The van der Waals surface area contributed by atoms with Gasteiger partial charge < -0.3 is 15.0 Å². The number of nitrogens with zero attached hydrogens (tertiary/aromatic N) is 3. The highest BCUT2D eigenvalue weighted by Gasteiger charge is 2.29. The Kier molecular flexibility index (Phi) is 6.86. The van der Waals surface area contributed by atoms with E-state index in [1.165, 1.54) is 28.7 Å². The van der Waals surface area contributed by atoms with Crippen molar-refractivity contribution in [2.75, 3.05) is 38.7 Å². The molecule has 0 saturated carbocycles. The molecule has 1 N–H and O–H groups in total. The first-order chi connectivity index (χ1) is 14.8. The number of non-ortho nitro benzene ring substituents is 1. The second kappa shape index (κ2) is 9.57. The summed E-state index contributed by atoms with van der Waals surface area (Å²) in [4.78, 5) is 38.8. The number of aryl methyl sites for hydroxylation is 1. The lowest BCUT2D eigenvalue weighted by atomic mass is 10.0. The fourth-order valence-electron chi connectivity index (χ4n) is 3.46. The number of hydrogen-bond acceptors (Lipinski definition) is 6. The van der Waals surface area contributed by atoms with Crippen molar-refractivity contribution in [2.45, 2.75) is 19.4 Å². The van der Waals surface area contributed by atoms with E-state index in [2.05, 4.69) is 36.5 Å².